The molecule has 1 aromatic carbocycles. The Bertz CT molecular complexity index is 843. The molecule has 2 aliphatic carbocycles. The van der Waals surface area contributed by atoms with Crippen LogP contribution in [0.2, 0.25) is 0 Å². The maximum absolute atomic E-state index is 12.8. The first kappa shape index (κ1) is 22.3. The summed E-state index contributed by atoms with van der Waals surface area (Å²) in [5.74, 6) is -0.186. The fraction of sp³-hybridized carbons (Fsp3) is 0.560. The van der Waals surface area contributed by atoms with E-state index >= 15 is 0 Å². The summed E-state index contributed by atoms with van der Waals surface area (Å²) in [6.07, 6.45) is 9.66. The fourth-order valence-electron chi connectivity index (χ4n) is 5.23. The maximum Gasteiger partial charge on any atom is 0.338 e. The lowest BCUT2D eigenvalue weighted by Gasteiger charge is -2.22. The second-order valence-electron chi connectivity index (χ2n) is 9.00. The zero-order valence-electron chi connectivity index (χ0n) is 17.6. The summed E-state index contributed by atoms with van der Waals surface area (Å²) in [7, 11) is 0. The van der Waals surface area contributed by atoms with Crippen LogP contribution >= 0.6 is 15.9 Å². The molecule has 3 fully saturated rings. The van der Waals surface area contributed by atoms with Crippen LogP contribution in [0.5, 0.6) is 0 Å². The molecule has 2 saturated carbocycles. The molecular weight excluding hydrogens is 460 g/mol. The summed E-state index contributed by atoms with van der Waals surface area (Å²) in [5, 5.41) is 0. The summed E-state index contributed by atoms with van der Waals surface area (Å²) in [5.41, 5.74) is 0.488. The van der Waals surface area contributed by atoms with Crippen molar-refractivity contribution in [1.82, 2.24) is 0 Å². The van der Waals surface area contributed by atoms with Crippen molar-refractivity contribution in [1.29, 1.82) is 0 Å². The van der Waals surface area contributed by atoms with Gasteiger partial charge in [0, 0.05) is 24.7 Å². The highest BCUT2D eigenvalue weighted by Gasteiger charge is 2.51. The maximum atomic E-state index is 12.8. The van der Waals surface area contributed by atoms with Crippen molar-refractivity contribution < 1.29 is 23.9 Å². The van der Waals surface area contributed by atoms with Gasteiger partial charge in [-0.2, -0.15) is 0 Å². The molecule has 1 heterocycles. The summed E-state index contributed by atoms with van der Waals surface area (Å²) < 4.78 is 11.8. The molecule has 6 heteroatoms. The van der Waals surface area contributed by atoms with Crippen molar-refractivity contribution in [3.8, 4) is 0 Å². The minimum absolute atomic E-state index is 0.0697. The Morgan fingerprint density at radius 1 is 1.13 bits per heavy atom. The first-order valence-corrected chi connectivity index (χ1v) is 12.2. The standard InChI is InChI=1S/C25H29BrO5/c26-20(21(27)12-11-16-7-3-1-4-8-16)13-18-19-14-24(28)30-22(19)15-23(18)31-25(29)17-9-5-2-6-10-17/h2,5-6,9-10,13,16,18-19,22-23H,1,3-4,7-8,11-12,14-15H2/b20-13-/t18-,19-,22+,23-/m1/s1. The van der Waals surface area contributed by atoms with Crippen LogP contribution < -0.4 is 0 Å². The number of Topliss-reactive ketones (excluding diaryl/α,β-unsaturated/α-hetero) is 1. The number of allylic oxidation sites excluding steroid dienone is 1. The fourth-order valence-corrected chi connectivity index (χ4v) is 5.73. The van der Waals surface area contributed by atoms with E-state index in [0.29, 0.717) is 35.2 Å². The number of benzene rings is 1. The van der Waals surface area contributed by atoms with E-state index in [1.54, 1.807) is 24.3 Å². The molecule has 166 valence electrons. The van der Waals surface area contributed by atoms with Crippen molar-refractivity contribution in [2.75, 3.05) is 0 Å². The van der Waals surface area contributed by atoms with Gasteiger partial charge in [0.2, 0.25) is 0 Å². The molecular formula is C25H29BrO5. The molecule has 0 radical (unpaired) electrons. The zero-order valence-corrected chi connectivity index (χ0v) is 19.2. The van der Waals surface area contributed by atoms with Crippen LogP contribution in [0.25, 0.3) is 0 Å². The molecule has 3 aliphatic rings. The minimum Gasteiger partial charge on any atom is -0.462 e. The average Bonchev–Trinajstić information content (AvgIpc) is 3.29. The minimum atomic E-state index is -0.422. The first-order chi connectivity index (χ1) is 15.0. The molecule has 1 aliphatic heterocycles. The van der Waals surface area contributed by atoms with Crippen molar-refractivity contribution in [2.45, 2.75) is 70.0 Å². The van der Waals surface area contributed by atoms with E-state index in [1.807, 2.05) is 12.1 Å². The molecule has 0 aromatic heterocycles. The summed E-state index contributed by atoms with van der Waals surface area (Å²) in [6, 6.07) is 8.86. The summed E-state index contributed by atoms with van der Waals surface area (Å²) >= 11 is 3.47. The van der Waals surface area contributed by atoms with Gasteiger partial charge < -0.3 is 9.47 Å². The number of rotatable bonds is 7. The van der Waals surface area contributed by atoms with Gasteiger partial charge in [-0.05, 0) is 40.4 Å². The molecule has 0 bridgehead atoms. The van der Waals surface area contributed by atoms with Crippen molar-refractivity contribution in [3.05, 3.63) is 46.5 Å². The van der Waals surface area contributed by atoms with Crippen molar-refractivity contribution in [2.24, 2.45) is 17.8 Å². The number of carbonyl (C=O) groups excluding carboxylic acids is 3. The molecule has 0 N–H and O–H groups in total. The van der Waals surface area contributed by atoms with Gasteiger partial charge in [-0.3, -0.25) is 9.59 Å². The predicted molar refractivity (Wildman–Crippen MR) is 120 cm³/mol. The number of hydrogen-bond acceptors (Lipinski definition) is 5. The van der Waals surface area contributed by atoms with Gasteiger partial charge in [0.15, 0.2) is 5.78 Å². The summed E-state index contributed by atoms with van der Waals surface area (Å²) in [4.78, 5) is 37.2. The van der Waals surface area contributed by atoms with Crippen LogP contribution in [0.1, 0.15) is 68.1 Å². The van der Waals surface area contributed by atoms with E-state index in [0.717, 1.165) is 6.42 Å². The number of hydrogen-bond donors (Lipinski definition) is 0. The van der Waals surface area contributed by atoms with E-state index in [1.165, 1.54) is 32.1 Å². The third-order valence-electron chi connectivity index (χ3n) is 6.93. The smallest absolute Gasteiger partial charge is 0.338 e. The molecule has 5 nitrogen and oxygen atoms in total. The Labute approximate surface area is 191 Å². The predicted octanol–water partition coefficient (Wildman–Crippen LogP) is 5.37. The zero-order chi connectivity index (χ0) is 21.8. The van der Waals surface area contributed by atoms with E-state index < -0.39 is 12.1 Å². The van der Waals surface area contributed by atoms with Crippen LogP contribution in [0, 0.1) is 17.8 Å². The molecule has 0 spiro atoms. The molecule has 1 aromatic rings. The lowest BCUT2D eigenvalue weighted by atomic mass is 9.85. The third-order valence-corrected chi connectivity index (χ3v) is 7.64. The van der Waals surface area contributed by atoms with Crippen LogP contribution in [-0.4, -0.2) is 29.9 Å². The number of esters is 2. The number of ether oxygens (including phenoxy) is 2. The molecule has 4 atom stereocenters. The van der Waals surface area contributed by atoms with Crippen LogP contribution in [0.3, 0.4) is 0 Å². The second kappa shape index (κ2) is 10.1. The Morgan fingerprint density at radius 3 is 2.61 bits per heavy atom. The highest BCUT2D eigenvalue weighted by atomic mass is 79.9. The molecule has 0 amide bonds. The molecule has 0 unspecified atom stereocenters. The van der Waals surface area contributed by atoms with E-state index in [-0.39, 0.29) is 29.7 Å². The van der Waals surface area contributed by atoms with Crippen LogP contribution in [-0.2, 0) is 19.1 Å². The van der Waals surface area contributed by atoms with E-state index in [9.17, 15) is 14.4 Å². The Balaban J connectivity index is 1.43. The number of halogens is 1. The van der Waals surface area contributed by atoms with Gasteiger partial charge in [0.05, 0.1) is 16.5 Å². The highest BCUT2D eigenvalue weighted by molar-refractivity contribution is 9.12. The number of fused-ring (bicyclic) bond motifs is 1. The monoisotopic (exact) mass is 488 g/mol. The third kappa shape index (κ3) is 5.46. The van der Waals surface area contributed by atoms with Gasteiger partial charge in [0.25, 0.3) is 0 Å². The molecule has 31 heavy (non-hydrogen) atoms. The van der Waals surface area contributed by atoms with Gasteiger partial charge in [-0.1, -0.05) is 56.4 Å². The number of carbonyl (C=O) groups is 3. The topological polar surface area (TPSA) is 69.7 Å². The molecule has 1 saturated heterocycles. The van der Waals surface area contributed by atoms with Crippen LogP contribution in [0.4, 0.5) is 0 Å². The van der Waals surface area contributed by atoms with Crippen LogP contribution in [0.15, 0.2) is 40.9 Å². The highest BCUT2D eigenvalue weighted by Crippen LogP contribution is 2.44. The lowest BCUT2D eigenvalue weighted by Crippen LogP contribution is -2.25. The normalized spacial score (nSPS) is 28.8. The summed E-state index contributed by atoms with van der Waals surface area (Å²) in [6.45, 7) is 0. The van der Waals surface area contributed by atoms with Crippen molar-refractivity contribution >= 4 is 33.7 Å². The van der Waals surface area contributed by atoms with Gasteiger partial charge in [0.1, 0.15) is 12.2 Å². The SMILES string of the molecule is O=C1C[C@@H]2[C@@H](/C=C(\Br)C(=O)CCC3CCCCC3)[C@H](OC(=O)c3ccccc3)C[C@@H]2O1. The van der Waals surface area contributed by atoms with Crippen molar-refractivity contribution in [3.63, 3.8) is 0 Å². The largest absolute Gasteiger partial charge is 0.462 e. The van der Waals surface area contributed by atoms with Gasteiger partial charge in [-0.15, -0.1) is 0 Å². The Hall–Kier alpha value is -1.95. The Morgan fingerprint density at radius 2 is 1.87 bits per heavy atom. The van der Waals surface area contributed by atoms with Gasteiger partial charge in [-0.25, -0.2) is 4.79 Å². The quantitative estimate of drug-likeness (QED) is 0.381. The first-order valence-electron chi connectivity index (χ1n) is 11.4. The Kier molecular flexibility index (Phi) is 7.26. The van der Waals surface area contributed by atoms with Gasteiger partial charge >= 0.3 is 11.9 Å². The van der Waals surface area contributed by atoms with E-state index in [4.69, 9.17) is 9.47 Å². The average molecular weight is 489 g/mol. The number of ketones is 1. The second-order valence-corrected chi connectivity index (χ2v) is 9.85. The van der Waals surface area contributed by atoms with E-state index in [2.05, 4.69) is 15.9 Å². The lowest BCUT2D eigenvalue weighted by molar-refractivity contribution is -0.141. The molecule has 4 rings (SSSR count).